The van der Waals surface area contributed by atoms with Gasteiger partial charge in [-0.15, -0.1) is 11.8 Å². The fraction of sp³-hybridized carbons (Fsp3) is 0.200. The minimum Gasteiger partial charge on any atom is -0.351 e. The molecule has 0 aliphatic carbocycles. The highest BCUT2D eigenvalue weighted by Crippen LogP contribution is 2.32. The molecule has 1 heterocycles. The zero-order valence-corrected chi connectivity index (χ0v) is 14.4. The van der Waals surface area contributed by atoms with E-state index in [2.05, 4.69) is 10.3 Å². The number of thioether (sulfide) groups is 1. The van der Waals surface area contributed by atoms with E-state index in [1.807, 2.05) is 0 Å². The van der Waals surface area contributed by atoms with Gasteiger partial charge >= 0.3 is 6.18 Å². The van der Waals surface area contributed by atoms with Crippen molar-refractivity contribution >= 4 is 40.9 Å². The smallest absolute Gasteiger partial charge is 0.351 e. The summed E-state index contributed by atoms with van der Waals surface area (Å²) in [5, 5.41) is 3.11. The van der Waals surface area contributed by atoms with E-state index in [9.17, 15) is 18.0 Å². The normalized spacial score (nSPS) is 11.4. The zero-order valence-electron chi connectivity index (χ0n) is 12.0. The van der Waals surface area contributed by atoms with E-state index >= 15 is 0 Å². The molecule has 1 aromatic heterocycles. The quantitative estimate of drug-likeness (QED) is 0.444. The van der Waals surface area contributed by atoms with Crippen molar-refractivity contribution in [3.05, 3.63) is 57.7 Å². The fourth-order valence-corrected chi connectivity index (χ4v) is 2.91. The van der Waals surface area contributed by atoms with E-state index in [0.717, 1.165) is 23.9 Å². The number of aromatic nitrogens is 1. The van der Waals surface area contributed by atoms with Crippen LogP contribution in [-0.4, -0.2) is 23.2 Å². The molecule has 1 aromatic carbocycles. The molecule has 0 aliphatic rings. The van der Waals surface area contributed by atoms with E-state index in [4.69, 9.17) is 23.2 Å². The molecule has 1 N–H and O–H groups in total. The van der Waals surface area contributed by atoms with Crippen LogP contribution in [0.5, 0.6) is 0 Å². The first-order valence-corrected chi connectivity index (χ1v) is 8.41. The summed E-state index contributed by atoms with van der Waals surface area (Å²) in [6, 6.07) is 8.06. The number of nitrogens with one attached hydrogen (secondary N) is 1. The lowest BCUT2D eigenvalue weighted by atomic mass is 10.2. The van der Waals surface area contributed by atoms with Crippen molar-refractivity contribution in [3.63, 3.8) is 0 Å². The molecule has 0 radical (unpaired) electrons. The van der Waals surface area contributed by atoms with Crippen molar-refractivity contribution in [3.8, 4) is 0 Å². The Balaban J connectivity index is 1.87. The Kier molecular flexibility index (Phi) is 6.37. The maximum Gasteiger partial charge on any atom is 0.416 e. The summed E-state index contributed by atoms with van der Waals surface area (Å²) in [4.78, 5) is 15.7. The molecule has 0 saturated carbocycles. The molecule has 3 nitrogen and oxygen atoms in total. The van der Waals surface area contributed by atoms with Gasteiger partial charge in [-0.25, -0.2) is 4.98 Å². The predicted octanol–water partition coefficient (Wildman–Crippen LogP) is 4.93. The van der Waals surface area contributed by atoms with Crippen LogP contribution in [0, 0.1) is 0 Å². The van der Waals surface area contributed by atoms with E-state index in [0.29, 0.717) is 16.3 Å². The molecule has 0 spiro atoms. The Bertz CT molecular complexity index is 724. The topological polar surface area (TPSA) is 42.0 Å². The summed E-state index contributed by atoms with van der Waals surface area (Å²) in [5.41, 5.74) is -0.403. The van der Waals surface area contributed by atoms with E-state index in [-0.39, 0.29) is 22.6 Å². The minimum absolute atomic E-state index is 0.149. The van der Waals surface area contributed by atoms with Crippen molar-refractivity contribution in [2.75, 3.05) is 12.3 Å². The second-order valence-electron chi connectivity index (χ2n) is 4.63. The maximum atomic E-state index is 12.7. The number of hydrogen-bond donors (Lipinski definition) is 1. The number of nitrogens with zero attached hydrogens (tertiary/aromatic N) is 1. The lowest BCUT2D eigenvalue weighted by molar-refractivity contribution is -0.137. The molecule has 0 unspecified atom stereocenters. The van der Waals surface area contributed by atoms with Gasteiger partial charge < -0.3 is 5.32 Å². The summed E-state index contributed by atoms with van der Waals surface area (Å²) in [7, 11) is 0. The van der Waals surface area contributed by atoms with Crippen molar-refractivity contribution in [1.29, 1.82) is 0 Å². The Morgan fingerprint density at radius 3 is 2.46 bits per heavy atom. The van der Waals surface area contributed by atoms with Crippen molar-refractivity contribution in [2.45, 2.75) is 11.2 Å². The van der Waals surface area contributed by atoms with Crippen LogP contribution in [0.3, 0.4) is 0 Å². The third-order valence-electron chi connectivity index (χ3n) is 2.84. The van der Waals surface area contributed by atoms with Crippen LogP contribution in [0.2, 0.25) is 10.2 Å². The van der Waals surface area contributed by atoms with Gasteiger partial charge in [0.2, 0.25) is 0 Å². The molecule has 2 rings (SSSR count). The lowest BCUT2D eigenvalue weighted by Gasteiger charge is -2.09. The standard InChI is InChI=1S/C15H11Cl2F3N2OS/c16-11-3-1-9(2-4-11)14(23)21-5-6-24-13-8-10(15(18,19)20)7-12(17)22-13/h1-4,7-8H,5-6H2,(H,21,23). The van der Waals surface area contributed by atoms with Gasteiger partial charge in [0.1, 0.15) is 5.15 Å². The van der Waals surface area contributed by atoms with Crippen LogP contribution in [0.25, 0.3) is 0 Å². The van der Waals surface area contributed by atoms with Crippen LogP contribution in [-0.2, 0) is 6.18 Å². The van der Waals surface area contributed by atoms with Crippen molar-refractivity contribution in [2.24, 2.45) is 0 Å². The SMILES string of the molecule is O=C(NCCSc1cc(C(F)(F)F)cc(Cl)n1)c1ccc(Cl)cc1. The fourth-order valence-electron chi connectivity index (χ4n) is 1.73. The van der Waals surface area contributed by atoms with Crippen LogP contribution in [0.15, 0.2) is 41.4 Å². The third-order valence-corrected chi connectivity index (χ3v) is 4.20. The van der Waals surface area contributed by atoms with E-state index in [1.165, 1.54) is 0 Å². The number of alkyl halides is 3. The number of carbonyl (C=O) groups is 1. The first-order chi connectivity index (χ1) is 11.3. The average Bonchev–Trinajstić information content (AvgIpc) is 2.50. The van der Waals surface area contributed by atoms with Crippen molar-refractivity contribution < 1.29 is 18.0 Å². The number of pyridine rings is 1. The monoisotopic (exact) mass is 394 g/mol. The maximum absolute atomic E-state index is 12.7. The molecule has 0 fully saturated rings. The molecular weight excluding hydrogens is 384 g/mol. The Morgan fingerprint density at radius 1 is 1.17 bits per heavy atom. The highest BCUT2D eigenvalue weighted by atomic mass is 35.5. The zero-order chi connectivity index (χ0) is 17.7. The number of benzene rings is 1. The van der Waals surface area contributed by atoms with Crippen LogP contribution in [0.4, 0.5) is 13.2 Å². The first-order valence-electron chi connectivity index (χ1n) is 6.67. The van der Waals surface area contributed by atoms with Crippen LogP contribution < -0.4 is 5.32 Å². The summed E-state index contributed by atoms with van der Waals surface area (Å²) in [5.74, 6) is 0.0616. The van der Waals surface area contributed by atoms with Crippen LogP contribution in [0.1, 0.15) is 15.9 Å². The Hall–Kier alpha value is -1.44. The molecule has 0 aliphatic heterocycles. The Labute approximate surface area is 150 Å². The van der Waals surface area contributed by atoms with E-state index < -0.39 is 11.7 Å². The van der Waals surface area contributed by atoms with Gasteiger partial charge in [0, 0.05) is 22.9 Å². The summed E-state index contributed by atoms with van der Waals surface area (Å²) in [6.45, 7) is 0.266. The largest absolute Gasteiger partial charge is 0.416 e. The number of carbonyl (C=O) groups excluding carboxylic acids is 1. The van der Waals surface area contributed by atoms with Gasteiger partial charge in [-0.2, -0.15) is 13.2 Å². The molecule has 128 valence electrons. The predicted molar refractivity (Wildman–Crippen MR) is 88.8 cm³/mol. The van der Waals surface area contributed by atoms with Gasteiger partial charge in [0.15, 0.2) is 0 Å². The molecule has 24 heavy (non-hydrogen) atoms. The average molecular weight is 395 g/mol. The van der Waals surface area contributed by atoms with E-state index in [1.54, 1.807) is 24.3 Å². The molecule has 0 bridgehead atoms. The minimum atomic E-state index is -4.48. The van der Waals surface area contributed by atoms with Crippen molar-refractivity contribution in [1.82, 2.24) is 10.3 Å². The highest BCUT2D eigenvalue weighted by Gasteiger charge is 2.31. The Morgan fingerprint density at radius 2 is 1.83 bits per heavy atom. The van der Waals surface area contributed by atoms with Gasteiger partial charge in [-0.05, 0) is 36.4 Å². The summed E-state index contributed by atoms with van der Waals surface area (Å²) >= 11 is 12.4. The molecular formula is C15H11Cl2F3N2OS. The summed E-state index contributed by atoms with van der Waals surface area (Å²) < 4.78 is 38.1. The second-order valence-corrected chi connectivity index (χ2v) is 6.56. The van der Waals surface area contributed by atoms with Crippen LogP contribution >= 0.6 is 35.0 Å². The first kappa shape index (κ1) is 18.9. The summed E-state index contributed by atoms with van der Waals surface area (Å²) in [6.07, 6.45) is -4.48. The molecule has 0 saturated heterocycles. The lowest BCUT2D eigenvalue weighted by Crippen LogP contribution is -2.25. The van der Waals surface area contributed by atoms with Gasteiger partial charge in [0.05, 0.1) is 10.6 Å². The molecule has 9 heteroatoms. The third kappa shape index (κ3) is 5.58. The van der Waals surface area contributed by atoms with Gasteiger partial charge in [-0.3, -0.25) is 4.79 Å². The number of hydrogen-bond acceptors (Lipinski definition) is 3. The van der Waals surface area contributed by atoms with Gasteiger partial charge in [0.25, 0.3) is 5.91 Å². The molecule has 1 amide bonds. The van der Waals surface area contributed by atoms with Gasteiger partial charge in [-0.1, -0.05) is 23.2 Å². The second kappa shape index (κ2) is 8.09. The number of amides is 1. The number of rotatable bonds is 5. The molecule has 2 aromatic rings. The molecule has 0 atom stereocenters. The number of halogens is 5. The highest BCUT2D eigenvalue weighted by molar-refractivity contribution is 7.99.